The van der Waals surface area contributed by atoms with Gasteiger partial charge >= 0.3 is 0 Å². The van der Waals surface area contributed by atoms with E-state index in [1.807, 2.05) is 11.5 Å². The van der Waals surface area contributed by atoms with E-state index in [9.17, 15) is 0 Å². The molecular weight excluding hydrogens is 192 g/mol. The Bertz CT molecular complexity index is 317. The Labute approximate surface area is 89.5 Å². The van der Waals surface area contributed by atoms with Gasteiger partial charge < -0.3 is 15.0 Å². The Kier molecular flexibility index (Phi) is 3.33. The third-order valence-corrected chi connectivity index (χ3v) is 2.97. The third kappa shape index (κ3) is 2.35. The van der Waals surface area contributed by atoms with Crippen molar-refractivity contribution in [3.8, 4) is 0 Å². The minimum Gasteiger partial charge on any atom is -0.395 e. The first kappa shape index (κ1) is 10.6. The van der Waals surface area contributed by atoms with E-state index >= 15 is 0 Å². The van der Waals surface area contributed by atoms with Gasteiger partial charge in [0.1, 0.15) is 11.6 Å². The molecule has 84 valence electrons. The summed E-state index contributed by atoms with van der Waals surface area (Å²) >= 11 is 0. The molecule has 1 aliphatic heterocycles. The monoisotopic (exact) mass is 210 g/mol. The average Bonchev–Trinajstić information content (AvgIpc) is 2.83. The molecule has 0 aliphatic carbocycles. The SMILES string of the molecule is Cc1nnc(CC2CCNC2)n1CCO. The van der Waals surface area contributed by atoms with Crippen molar-refractivity contribution in [2.75, 3.05) is 19.7 Å². The fraction of sp³-hybridized carbons (Fsp3) is 0.800. The summed E-state index contributed by atoms with van der Waals surface area (Å²) in [5.74, 6) is 2.58. The molecule has 1 saturated heterocycles. The van der Waals surface area contributed by atoms with Crippen molar-refractivity contribution in [2.45, 2.75) is 26.3 Å². The van der Waals surface area contributed by atoms with Crippen molar-refractivity contribution in [3.63, 3.8) is 0 Å². The molecule has 1 aliphatic rings. The molecule has 2 heterocycles. The van der Waals surface area contributed by atoms with E-state index in [0.717, 1.165) is 31.2 Å². The molecule has 1 aromatic rings. The summed E-state index contributed by atoms with van der Waals surface area (Å²) in [7, 11) is 0. The van der Waals surface area contributed by atoms with Gasteiger partial charge in [0.05, 0.1) is 6.61 Å². The molecule has 15 heavy (non-hydrogen) atoms. The average molecular weight is 210 g/mol. The maximum atomic E-state index is 8.96. The van der Waals surface area contributed by atoms with E-state index in [1.54, 1.807) is 0 Å². The van der Waals surface area contributed by atoms with Crippen LogP contribution in [-0.2, 0) is 13.0 Å². The molecule has 1 atom stereocenters. The fourth-order valence-electron chi connectivity index (χ4n) is 2.11. The second-order valence-electron chi connectivity index (χ2n) is 4.10. The zero-order chi connectivity index (χ0) is 10.7. The number of nitrogens with zero attached hydrogens (tertiary/aromatic N) is 3. The number of rotatable bonds is 4. The van der Waals surface area contributed by atoms with Crippen LogP contribution in [0, 0.1) is 12.8 Å². The molecule has 1 aromatic heterocycles. The number of hydrogen-bond acceptors (Lipinski definition) is 4. The number of aliphatic hydroxyl groups excluding tert-OH is 1. The minimum absolute atomic E-state index is 0.148. The van der Waals surface area contributed by atoms with Crippen LogP contribution in [0.25, 0.3) is 0 Å². The molecule has 0 amide bonds. The van der Waals surface area contributed by atoms with Gasteiger partial charge in [-0.05, 0) is 32.4 Å². The standard InChI is InChI=1S/C10H18N4O/c1-8-12-13-10(14(8)4-5-15)6-9-2-3-11-7-9/h9,11,15H,2-7H2,1H3. The van der Waals surface area contributed by atoms with Gasteiger partial charge in [-0.25, -0.2) is 0 Å². The van der Waals surface area contributed by atoms with Gasteiger partial charge in [-0.3, -0.25) is 0 Å². The second kappa shape index (κ2) is 4.72. The van der Waals surface area contributed by atoms with Crippen molar-refractivity contribution in [3.05, 3.63) is 11.6 Å². The Morgan fingerprint density at radius 3 is 3.07 bits per heavy atom. The van der Waals surface area contributed by atoms with E-state index in [1.165, 1.54) is 6.42 Å². The highest BCUT2D eigenvalue weighted by Crippen LogP contribution is 2.14. The normalized spacial score (nSPS) is 21.1. The fourth-order valence-corrected chi connectivity index (χ4v) is 2.11. The lowest BCUT2D eigenvalue weighted by molar-refractivity contribution is 0.272. The van der Waals surface area contributed by atoms with Crippen LogP contribution in [0.1, 0.15) is 18.1 Å². The van der Waals surface area contributed by atoms with E-state index in [4.69, 9.17) is 5.11 Å². The van der Waals surface area contributed by atoms with Crippen LogP contribution in [0.5, 0.6) is 0 Å². The maximum absolute atomic E-state index is 8.96. The smallest absolute Gasteiger partial charge is 0.133 e. The Balaban J connectivity index is 2.05. The Hall–Kier alpha value is -0.940. The van der Waals surface area contributed by atoms with Crippen molar-refractivity contribution < 1.29 is 5.11 Å². The number of aryl methyl sites for hydroxylation is 1. The highest BCUT2D eigenvalue weighted by molar-refractivity contribution is 4.96. The van der Waals surface area contributed by atoms with Gasteiger partial charge in [-0.15, -0.1) is 10.2 Å². The highest BCUT2D eigenvalue weighted by atomic mass is 16.3. The molecule has 5 heteroatoms. The predicted octanol–water partition coefficient (Wildman–Crippen LogP) is -0.269. The largest absolute Gasteiger partial charge is 0.395 e. The summed E-state index contributed by atoms with van der Waals surface area (Å²) in [5.41, 5.74) is 0. The first-order chi connectivity index (χ1) is 7.31. The summed E-state index contributed by atoms with van der Waals surface area (Å²) in [6.07, 6.45) is 2.18. The van der Waals surface area contributed by atoms with Crippen LogP contribution < -0.4 is 5.32 Å². The first-order valence-corrected chi connectivity index (χ1v) is 5.51. The number of hydrogen-bond donors (Lipinski definition) is 2. The summed E-state index contributed by atoms with van der Waals surface area (Å²) in [5, 5.41) is 20.5. The van der Waals surface area contributed by atoms with Gasteiger partial charge in [0, 0.05) is 13.0 Å². The molecule has 0 saturated carbocycles. The van der Waals surface area contributed by atoms with E-state index in [-0.39, 0.29) is 6.61 Å². The maximum Gasteiger partial charge on any atom is 0.133 e. The molecule has 2 N–H and O–H groups in total. The minimum atomic E-state index is 0.148. The van der Waals surface area contributed by atoms with Crippen molar-refractivity contribution in [1.82, 2.24) is 20.1 Å². The van der Waals surface area contributed by atoms with Crippen molar-refractivity contribution >= 4 is 0 Å². The summed E-state index contributed by atoms with van der Waals surface area (Å²) in [6.45, 7) is 4.87. The van der Waals surface area contributed by atoms with Gasteiger partial charge in [-0.2, -0.15) is 0 Å². The molecule has 1 unspecified atom stereocenters. The van der Waals surface area contributed by atoms with E-state index in [2.05, 4.69) is 15.5 Å². The number of aromatic nitrogens is 3. The Morgan fingerprint density at radius 1 is 1.53 bits per heavy atom. The molecule has 0 aromatic carbocycles. The van der Waals surface area contributed by atoms with Crippen LogP contribution in [0.3, 0.4) is 0 Å². The van der Waals surface area contributed by atoms with Crippen LogP contribution in [-0.4, -0.2) is 39.6 Å². The summed E-state index contributed by atoms with van der Waals surface area (Å²) < 4.78 is 2.01. The van der Waals surface area contributed by atoms with Crippen LogP contribution in [0.4, 0.5) is 0 Å². The zero-order valence-corrected chi connectivity index (χ0v) is 9.11. The Morgan fingerprint density at radius 2 is 2.40 bits per heavy atom. The molecular formula is C10H18N4O. The quantitative estimate of drug-likeness (QED) is 0.718. The van der Waals surface area contributed by atoms with E-state index in [0.29, 0.717) is 12.5 Å². The molecule has 2 rings (SSSR count). The topological polar surface area (TPSA) is 63.0 Å². The van der Waals surface area contributed by atoms with Gasteiger partial charge in [0.15, 0.2) is 0 Å². The molecule has 0 spiro atoms. The lowest BCUT2D eigenvalue weighted by Crippen LogP contribution is -2.15. The number of nitrogens with one attached hydrogen (secondary N) is 1. The van der Waals surface area contributed by atoms with Crippen molar-refractivity contribution in [2.24, 2.45) is 5.92 Å². The molecule has 0 radical (unpaired) electrons. The lowest BCUT2D eigenvalue weighted by Gasteiger charge is -2.09. The third-order valence-electron chi connectivity index (χ3n) is 2.97. The highest BCUT2D eigenvalue weighted by Gasteiger charge is 2.18. The zero-order valence-electron chi connectivity index (χ0n) is 9.11. The second-order valence-corrected chi connectivity index (χ2v) is 4.10. The van der Waals surface area contributed by atoms with Crippen LogP contribution in [0.15, 0.2) is 0 Å². The van der Waals surface area contributed by atoms with Gasteiger partial charge in [0.25, 0.3) is 0 Å². The van der Waals surface area contributed by atoms with Crippen LogP contribution >= 0.6 is 0 Å². The molecule has 0 bridgehead atoms. The molecule has 5 nitrogen and oxygen atoms in total. The number of aliphatic hydroxyl groups is 1. The predicted molar refractivity (Wildman–Crippen MR) is 56.5 cm³/mol. The summed E-state index contributed by atoms with van der Waals surface area (Å²) in [6, 6.07) is 0. The van der Waals surface area contributed by atoms with Crippen molar-refractivity contribution in [1.29, 1.82) is 0 Å². The summed E-state index contributed by atoms with van der Waals surface area (Å²) in [4.78, 5) is 0. The van der Waals surface area contributed by atoms with Gasteiger partial charge in [-0.1, -0.05) is 0 Å². The van der Waals surface area contributed by atoms with E-state index < -0.39 is 0 Å². The first-order valence-electron chi connectivity index (χ1n) is 5.51. The lowest BCUT2D eigenvalue weighted by atomic mass is 10.0. The van der Waals surface area contributed by atoms with Crippen LogP contribution in [0.2, 0.25) is 0 Å². The molecule has 1 fully saturated rings. The van der Waals surface area contributed by atoms with Gasteiger partial charge in [0.2, 0.25) is 0 Å².